The van der Waals surface area contributed by atoms with Crippen LogP contribution in [0.25, 0.3) is 11.1 Å². The van der Waals surface area contributed by atoms with Crippen LogP contribution in [0.15, 0.2) is 53.4 Å². The molecule has 5 rings (SSSR count). The van der Waals surface area contributed by atoms with Crippen molar-refractivity contribution in [3.8, 4) is 16.9 Å². The summed E-state index contributed by atoms with van der Waals surface area (Å²) in [5.41, 5.74) is 4.52. The van der Waals surface area contributed by atoms with E-state index < -0.39 is 20.5 Å². The van der Waals surface area contributed by atoms with Gasteiger partial charge < -0.3 is 15.0 Å². The molecule has 36 heavy (non-hydrogen) atoms. The molecule has 2 heterocycles. The second-order valence-corrected chi connectivity index (χ2v) is 11.0. The smallest absolute Gasteiger partial charge is 0.254 e. The van der Waals surface area contributed by atoms with Crippen molar-refractivity contribution in [3.05, 3.63) is 82.2 Å². The first-order chi connectivity index (χ1) is 17.2. The second kappa shape index (κ2) is 9.05. The average molecular weight is 509 g/mol. The second-order valence-electron chi connectivity index (χ2n) is 8.98. The fourth-order valence-corrected chi connectivity index (χ4v) is 5.53. The predicted octanol–water partition coefficient (Wildman–Crippen LogP) is 3.74. The molecule has 3 aromatic carbocycles. The van der Waals surface area contributed by atoms with Crippen molar-refractivity contribution < 1.29 is 27.1 Å². The van der Waals surface area contributed by atoms with Gasteiger partial charge in [0.15, 0.2) is 9.84 Å². The molecule has 186 valence electrons. The van der Waals surface area contributed by atoms with Crippen molar-refractivity contribution in [3.63, 3.8) is 0 Å². The third-order valence-electron chi connectivity index (χ3n) is 6.64. The standard InChI is InChI=1S/C27H25FN2O5S/c1-3-20-22(7-9-24(25(20)28)36(2,33)34)27(32)30-10-11-35-23-8-5-17(13-19(23)15-30)16-4-6-21-18(12-16)14-29-26(21)31/h4-9,12-13H,3,10-11,14-15H2,1-2H3,(H,29,31). The van der Waals surface area contributed by atoms with Crippen LogP contribution in [0.3, 0.4) is 0 Å². The van der Waals surface area contributed by atoms with Crippen molar-refractivity contribution in [1.29, 1.82) is 0 Å². The number of carbonyl (C=O) groups excluding carboxylic acids is 2. The zero-order valence-electron chi connectivity index (χ0n) is 19.9. The Balaban J connectivity index is 1.47. The number of fused-ring (bicyclic) bond motifs is 2. The van der Waals surface area contributed by atoms with Gasteiger partial charge in [-0.05, 0) is 59.5 Å². The minimum atomic E-state index is -3.76. The molecule has 3 aromatic rings. The first-order valence-electron chi connectivity index (χ1n) is 11.6. The number of halogens is 1. The molecule has 0 bridgehead atoms. The highest BCUT2D eigenvalue weighted by atomic mass is 32.2. The average Bonchev–Trinajstić information content (AvgIpc) is 3.08. The molecule has 2 aliphatic heterocycles. The molecule has 0 fully saturated rings. The monoisotopic (exact) mass is 508 g/mol. The van der Waals surface area contributed by atoms with E-state index in [1.165, 1.54) is 6.07 Å². The number of benzene rings is 3. The summed E-state index contributed by atoms with van der Waals surface area (Å²) in [7, 11) is -3.76. The number of rotatable bonds is 4. The Labute approximate surface area is 208 Å². The summed E-state index contributed by atoms with van der Waals surface area (Å²) in [6.07, 6.45) is 1.12. The summed E-state index contributed by atoms with van der Waals surface area (Å²) in [6, 6.07) is 14.0. The van der Waals surface area contributed by atoms with Crippen LogP contribution in [-0.2, 0) is 29.3 Å². The number of hydrogen-bond donors (Lipinski definition) is 1. The van der Waals surface area contributed by atoms with Crippen LogP contribution < -0.4 is 10.1 Å². The van der Waals surface area contributed by atoms with Crippen molar-refractivity contribution in [1.82, 2.24) is 10.2 Å². The van der Waals surface area contributed by atoms with Crippen molar-refractivity contribution in [2.45, 2.75) is 31.3 Å². The Morgan fingerprint density at radius 2 is 1.81 bits per heavy atom. The fourth-order valence-electron chi connectivity index (χ4n) is 4.76. The first kappa shape index (κ1) is 24.0. The molecule has 0 aliphatic carbocycles. The third-order valence-corrected chi connectivity index (χ3v) is 7.76. The highest BCUT2D eigenvalue weighted by molar-refractivity contribution is 7.90. The van der Waals surface area contributed by atoms with Gasteiger partial charge in [0.2, 0.25) is 0 Å². The topological polar surface area (TPSA) is 92.8 Å². The van der Waals surface area contributed by atoms with Crippen LogP contribution in [0.4, 0.5) is 4.39 Å². The van der Waals surface area contributed by atoms with Gasteiger partial charge >= 0.3 is 0 Å². The van der Waals surface area contributed by atoms with E-state index in [1.807, 2.05) is 36.4 Å². The highest BCUT2D eigenvalue weighted by Crippen LogP contribution is 2.32. The van der Waals surface area contributed by atoms with E-state index in [9.17, 15) is 18.0 Å². The van der Waals surface area contributed by atoms with E-state index in [2.05, 4.69) is 5.32 Å². The maximum atomic E-state index is 15.0. The molecule has 7 nitrogen and oxygen atoms in total. The number of nitrogens with one attached hydrogen (secondary N) is 1. The maximum absolute atomic E-state index is 15.0. The number of ether oxygens (including phenoxy) is 1. The maximum Gasteiger partial charge on any atom is 0.254 e. The Hall–Kier alpha value is -3.72. The molecular weight excluding hydrogens is 483 g/mol. The fraction of sp³-hybridized carbons (Fsp3) is 0.259. The van der Waals surface area contributed by atoms with E-state index in [-0.39, 0.29) is 42.5 Å². The lowest BCUT2D eigenvalue weighted by molar-refractivity contribution is 0.0731. The highest BCUT2D eigenvalue weighted by Gasteiger charge is 2.27. The van der Waals surface area contributed by atoms with Gasteiger partial charge in [-0.3, -0.25) is 9.59 Å². The van der Waals surface area contributed by atoms with Gasteiger partial charge in [0.25, 0.3) is 11.8 Å². The number of sulfone groups is 1. The molecule has 0 atom stereocenters. The molecule has 0 spiro atoms. The Morgan fingerprint density at radius 3 is 2.53 bits per heavy atom. The zero-order chi connectivity index (χ0) is 25.6. The van der Waals surface area contributed by atoms with Crippen molar-refractivity contribution in [2.75, 3.05) is 19.4 Å². The number of carbonyl (C=O) groups is 2. The zero-order valence-corrected chi connectivity index (χ0v) is 20.7. The van der Waals surface area contributed by atoms with Crippen molar-refractivity contribution in [2.24, 2.45) is 0 Å². The van der Waals surface area contributed by atoms with E-state index in [0.29, 0.717) is 24.4 Å². The lowest BCUT2D eigenvalue weighted by Crippen LogP contribution is -2.33. The normalized spacial score (nSPS) is 15.0. The molecule has 0 saturated carbocycles. The SMILES string of the molecule is CCc1c(C(=O)N2CCOc3ccc(-c4ccc5c(c4)CNC5=O)cc3C2)ccc(S(C)(=O)=O)c1F. The van der Waals surface area contributed by atoms with Gasteiger partial charge in [0.1, 0.15) is 23.1 Å². The summed E-state index contributed by atoms with van der Waals surface area (Å²) >= 11 is 0. The first-order valence-corrected chi connectivity index (χ1v) is 13.5. The largest absolute Gasteiger partial charge is 0.491 e. The predicted molar refractivity (Wildman–Crippen MR) is 132 cm³/mol. The number of hydrogen-bond acceptors (Lipinski definition) is 5. The van der Waals surface area contributed by atoms with Gasteiger partial charge in [-0.1, -0.05) is 19.1 Å². The number of nitrogens with zero attached hydrogens (tertiary/aromatic N) is 1. The van der Waals surface area contributed by atoms with Crippen LogP contribution in [0.5, 0.6) is 5.75 Å². The lowest BCUT2D eigenvalue weighted by Gasteiger charge is -2.22. The molecular formula is C27H25FN2O5S. The Bertz CT molecular complexity index is 1520. The molecule has 0 aromatic heterocycles. The Morgan fingerprint density at radius 1 is 1.08 bits per heavy atom. The summed E-state index contributed by atoms with van der Waals surface area (Å²) in [6.45, 7) is 3.01. The van der Waals surface area contributed by atoms with Crippen LogP contribution >= 0.6 is 0 Å². The molecule has 0 saturated heterocycles. The van der Waals surface area contributed by atoms with Crippen LogP contribution in [0, 0.1) is 5.82 Å². The molecule has 0 unspecified atom stereocenters. The number of amides is 2. The van der Waals surface area contributed by atoms with Gasteiger partial charge in [-0.15, -0.1) is 0 Å². The van der Waals surface area contributed by atoms with Crippen LogP contribution in [-0.4, -0.2) is 44.5 Å². The molecule has 1 N–H and O–H groups in total. The van der Waals surface area contributed by atoms with E-state index in [1.54, 1.807) is 11.8 Å². The minimum absolute atomic E-state index is 0.0755. The molecule has 0 radical (unpaired) electrons. The van der Waals surface area contributed by atoms with Crippen molar-refractivity contribution >= 4 is 21.7 Å². The van der Waals surface area contributed by atoms with Gasteiger partial charge in [-0.2, -0.15) is 0 Å². The summed E-state index contributed by atoms with van der Waals surface area (Å²) in [5, 5.41) is 2.82. The van der Waals surface area contributed by atoms with Crippen LogP contribution in [0.1, 0.15) is 44.3 Å². The van der Waals surface area contributed by atoms with Gasteiger partial charge in [0.05, 0.1) is 6.54 Å². The summed E-state index contributed by atoms with van der Waals surface area (Å²) in [4.78, 5) is 26.5. The van der Waals surface area contributed by atoms with E-state index >= 15 is 4.39 Å². The van der Waals surface area contributed by atoms with E-state index in [0.717, 1.165) is 34.6 Å². The molecule has 2 aliphatic rings. The third kappa shape index (κ3) is 4.24. The summed E-state index contributed by atoms with van der Waals surface area (Å²) in [5.74, 6) is -0.658. The van der Waals surface area contributed by atoms with Crippen LogP contribution in [0.2, 0.25) is 0 Å². The quantitative estimate of drug-likeness (QED) is 0.580. The summed E-state index contributed by atoms with van der Waals surface area (Å²) < 4.78 is 44.8. The minimum Gasteiger partial charge on any atom is -0.491 e. The van der Waals surface area contributed by atoms with E-state index in [4.69, 9.17) is 4.74 Å². The van der Waals surface area contributed by atoms with Gasteiger partial charge in [0, 0.05) is 41.6 Å². The molecule has 2 amide bonds. The lowest BCUT2D eigenvalue weighted by atomic mass is 9.98. The Kier molecular flexibility index (Phi) is 6.04. The molecule has 9 heteroatoms. The van der Waals surface area contributed by atoms with Gasteiger partial charge in [-0.25, -0.2) is 12.8 Å².